The molecule has 0 saturated carbocycles. The number of aryl methyl sites for hydroxylation is 1. The van der Waals surface area contributed by atoms with E-state index in [0.717, 1.165) is 6.20 Å². The van der Waals surface area contributed by atoms with Gasteiger partial charge in [0.2, 0.25) is 0 Å². The zero-order chi connectivity index (χ0) is 13.0. The van der Waals surface area contributed by atoms with Crippen molar-refractivity contribution in [2.24, 2.45) is 0 Å². The van der Waals surface area contributed by atoms with Crippen molar-refractivity contribution in [3.8, 4) is 0 Å². The van der Waals surface area contributed by atoms with Crippen LogP contribution in [0.1, 0.15) is 6.42 Å². The molecule has 1 heterocycles. The first kappa shape index (κ1) is 13.4. The molecule has 0 amide bonds. The first-order valence-electron chi connectivity index (χ1n) is 4.56. The Hall–Kier alpha value is -1.70. The maximum absolute atomic E-state index is 11.4. The highest BCUT2D eigenvalue weighted by Crippen LogP contribution is 2.11. The fourth-order valence-electron chi connectivity index (χ4n) is 1.16. The molecular weight excluding hydrogens is 296 g/mol. The molecular formula is C9H9BrN2O5. The third-order valence-electron chi connectivity index (χ3n) is 2.02. The molecule has 0 aromatic carbocycles. The summed E-state index contributed by atoms with van der Waals surface area (Å²) in [4.78, 5) is 32.1. The molecule has 0 saturated heterocycles. The van der Waals surface area contributed by atoms with E-state index in [9.17, 15) is 19.7 Å². The zero-order valence-electron chi connectivity index (χ0n) is 8.88. The van der Waals surface area contributed by atoms with Crippen molar-refractivity contribution in [2.45, 2.75) is 13.0 Å². The largest absolute Gasteiger partial charge is 0.469 e. The molecule has 17 heavy (non-hydrogen) atoms. The number of carbonyl (C=O) groups is 1. The zero-order valence-corrected chi connectivity index (χ0v) is 10.5. The van der Waals surface area contributed by atoms with Gasteiger partial charge in [-0.05, 0) is 15.9 Å². The van der Waals surface area contributed by atoms with Crippen LogP contribution >= 0.6 is 15.9 Å². The Morgan fingerprint density at radius 2 is 2.24 bits per heavy atom. The van der Waals surface area contributed by atoms with E-state index in [1.807, 2.05) is 0 Å². The summed E-state index contributed by atoms with van der Waals surface area (Å²) in [6.45, 7) is 0.201. The van der Waals surface area contributed by atoms with Gasteiger partial charge in [-0.15, -0.1) is 0 Å². The van der Waals surface area contributed by atoms with E-state index in [4.69, 9.17) is 0 Å². The molecule has 0 spiro atoms. The van der Waals surface area contributed by atoms with E-state index in [1.165, 1.54) is 17.9 Å². The van der Waals surface area contributed by atoms with Gasteiger partial charge < -0.3 is 9.30 Å². The number of esters is 1. The number of rotatable bonds is 4. The Bertz CT molecular complexity index is 511. The van der Waals surface area contributed by atoms with Gasteiger partial charge in [-0.2, -0.15) is 0 Å². The number of nitro groups is 1. The van der Waals surface area contributed by atoms with E-state index in [-0.39, 0.29) is 17.4 Å². The lowest BCUT2D eigenvalue weighted by atomic mass is 10.3. The molecule has 0 aliphatic rings. The van der Waals surface area contributed by atoms with E-state index in [0.29, 0.717) is 0 Å². The molecule has 0 unspecified atom stereocenters. The molecule has 0 bridgehead atoms. The minimum atomic E-state index is -0.762. The van der Waals surface area contributed by atoms with Crippen LogP contribution in [-0.4, -0.2) is 22.6 Å². The predicted octanol–water partition coefficient (Wildman–Crippen LogP) is 1.08. The van der Waals surface area contributed by atoms with Gasteiger partial charge in [-0.1, -0.05) is 0 Å². The first-order chi connectivity index (χ1) is 7.95. The van der Waals surface area contributed by atoms with E-state index >= 15 is 0 Å². The van der Waals surface area contributed by atoms with Gasteiger partial charge in [0, 0.05) is 12.7 Å². The molecule has 0 fully saturated rings. The lowest BCUT2D eigenvalue weighted by molar-refractivity contribution is -0.386. The van der Waals surface area contributed by atoms with E-state index in [2.05, 4.69) is 20.7 Å². The number of ether oxygens (including phenoxy) is 1. The number of hydrogen-bond acceptors (Lipinski definition) is 5. The van der Waals surface area contributed by atoms with Gasteiger partial charge >= 0.3 is 11.7 Å². The topological polar surface area (TPSA) is 91.4 Å². The van der Waals surface area contributed by atoms with Crippen LogP contribution < -0.4 is 5.43 Å². The third-order valence-corrected chi connectivity index (χ3v) is 2.58. The summed E-state index contributed by atoms with van der Waals surface area (Å²) in [5, 5.41) is 10.6. The number of aromatic nitrogens is 1. The van der Waals surface area contributed by atoms with Crippen LogP contribution in [0.5, 0.6) is 0 Å². The van der Waals surface area contributed by atoms with Gasteiger partial charge in [-0.25, -0.2) is 0 Å². The Morgan fingerprint density at radius 3 is 2.76 bits per heavy atom. The molecule has 0 radical (unpaired) electrons. The number of carbonyl (C=O) groups excluding carboxylic acids is 1. The number of hydrogen-bond donors (Lipinski definition) is 0. The molecule has 1 aromatic rings. The minimum Gasteiger partial charge on any atom is -0.469 e. The van der Waals surface area contributed by atoms with Gasteiger partial charge in [0.15, 0.2) is 0 Å². The highest BCUT2D eigenvalue weighted by molar-refractivity contribution is 9.10. The van der Waals surface area contributed by atoms with Crippen LogP contribution in [0.15, 0.2) is 21.7 Å². The molecule has 0 N–H and O–H groups in total. The van der Waals surface area contributed by atoms with Crippen molar-refractivity contribution < 1.29 is 14.5 Å². The van der Waals surface area contributed by atoms with Crippen molar-refractivity contribution >= 4 is 27.6 Å². The summed E-state index contributed by atoms with van der Waals surface area (Å²) in [6.07, 6.45) is 2.55. The van der Waals surface area contributed by atoms with Gasteiger partial charge in [0.25, 0.3) is 5.43 Å². The fraction of sp³-hybridized carbons (Fsp3) is 0.333. The lowest BCUT2D eigenvalue weighted by Crippen LogP contribution is -2.14. The summed E-state index contributed by atoms with van der Waals surface area (Å²) < 4.78 is 5.91. The first-order valence-corrected chi connectivity index (χ1v) is 5.35. The highest BCUT2D eigenvalue weighted by Gasteiger charge is 2.16. The molecule has 92 valence electrons. The second-order valence-electron chi connectivity index (χ2n) is 3.14. The molecule has 0 aliphatic carbocycles. The quantitative estimate of drug-likeness (QED) is 0.471. The standard InChI is InChI=1S/C9H9BrN2O5/c1-17-8(13)2-3-11-4-6(10)9(14)7(5-11)12(15)16/h4-5H,2-3H2,1H3. The number of nitrogens with zero attached hydrogens (tertiary/aromatic N) is 2. The highest BCUT2D eigenvalue weighted by atomic mass is 79.9. The van der Waals surface area contributed by atoms with Gasteiger partial charge in [-0.3, -0.25) is 19.7 Å². The van der Waals surface area contributed by atoms with E-state index < -0.39 is 22.0 Å². The average Bonchev–Trinajstić information content (AvgIpc) is 2.29. The normalized spacial score (nSPS) is 10.0. The Morgan fingerprint density at radius 1 is 1.59 bits per heavy atom. The number of methoxy groups -OCH3 is 1. The van der Waals surface area contributed by atoms with Crippen LogP contribution in [0.25, 0.3) is 0 Å². The Kier molecular flexibility index (Phi) is 4.38. The molecule has 7 nitrogen and oxygen atoms in total. The summed E-state index contributed by atoms with van der Waals surface area (Å²) in [5.74, 6) is -0.428. The monoisotopic (exact) mass is 304 g/mol. The van der Waals surface area contributed by atoms with Crippen molar-refractivity contribution in [1.82, 2.24) is 4.57 Å². The van der Waals surface area contributed by atoms with Crippen LogP contribution in [-0.2, 0) is 16.1 Å². The van der Waals surface area contributed by atoms with Crippen LogP contribution in [0, 0.1) is 10.1 Å². The van der Waals surface area contributed by atoms with Crippen molar-refractivity contribution in [3.63, 3.8) is 0 Å². The minimum absolute atomic E-state index is 0.0724. The third kappa shape index (κ3) is 3.38. The van der Waals surface area contributed by atoms with Crippen molar-refractivity contribution in [1.29, 1.82) is 0 Å². The van der Waals surface area contributed by atoms with Crippen LogP contribution in [0.2, 0.25) is 0 Å². The Labute approximate surface area is 104 Å². The second-order valence-corrected chi connectivity index (χ2v) is 4.00. The molecule has 1 aromatic heterocycles. The lowest BCUT2D eigenvalue weighted by Gasteiger charge is -2.05. The summed E-state index contributed by atoms with van der Waals surface area (Å²) >= 11 is 2.94. The van der Waals surface area contributed by atoms with Gasteiger partial charge in [0.1, 0.15) is 0 Å². The number of halogens is 1. The summed E-state index contributed by atoms with van der Waals surface area (Å²) in [6, 6.07) is 0. The van der Waals surface area contributed by atoms with E-state index in [1.54, 1.807) is 0 Å². The van der Waals surface area contributed by atoms with Crippen molar-refractivity contribution in [2.75, 3.05) is 7.11 Å². The predicted molar refractivity (Wildman–Crippen MR) is 61.7 cm³/mol. The molecule has 0 atom stereocenters. The van der Waals surface area contributed by atoms with Crippen molar-refractivity contribution in [3.05, 3.63) is 37.2 Å². The maximum Gasteiger partial charge on any atom is 0.333 e. The van der Waals surface area contributed by atoms with Gasteiger partial charge in [0.05, 0.1) is 29.1 Å². The summed E-state index contributed by atoms with van der Waals surface area (Å²) in [5.41, 5.74) is -1.23. The van der Waals surface area contributed by atoms with Crippen LogP contribution in [0.3, 0.4) is 0 Å². The summed E-state index contributed by atoms with van der Waals surface area (Å²) in [7, 11) is 1.26. The second kappa shape index (κ2) is 5.58. The average molecular weight is 305 g/mol. The smallest absolute Gasteiger partial charge is 0.333 e. The SMILES string of the molecule is COC(=O)CCn1cc(Br)c(=O)c([N+](=O)[O-])c1. The fourth-order valence-corrected chi connectivity index (χ4v) is 1.63. The molecule has 8 heteroatoms. The van der Waals surface area contributed by atoms with Crippen LogP contribution in [0.4, 0.5) is 5.69 Å². The maximum atomic E-state index is 11.4. The molecule has 1 rings (SSSR count). The molecule has 0 aliphatic heterocycles. The Balaban J connectivity index is 2.99. The number of pyridine rings is 1.